The third-order valence-corrected chi connectivity index (χ3v) is 4.18. The van der Waals surface area contributed by atoms with E-state index in [0.29, 0.717) is 5.56 Å². The lowest BCUT2D eigenvalue weighted by atomic mass is 9.90. The predicted molar refractivity (Wildman–Crippen MR) is 86.3 cm³/mol. The average Bonchev–Trinajstić information content (AvgIpc) is 2.54. The van der Waals surface area contributed by atoms with Gasteiger partial charge in [0.1, 0.15) is 5.60 Å². The summed E-state index contributed by atoms with van der Waals surface area (Å²) in [6.07, 6.45) is 5.64. The van der Waals surface area contributed by atoms with Crippen molar-refractivity contribution < 1.29 is 19.4 Å². The van der Waals surface area contributed by atoms with Gasteiger partial charge >= 0.3 is 11.9 Å². The van der Waals surface area contributed by atoms with E-state index in [1.165, 1.54) is 12.1 Å². The lowest BCUT2D eigenvalue weighted by Crippen LogP contribution is -2.34. The van der Waals surface area contributed by atoms with Gasteiger partial charge in [-0.2, -0.15) is 0 Å². The van der Waals surface area contributed by atoms with E-state index in [2.05, 4.69) is 6.92 Å². The van der Waals surface area contributed by atoms with Crippen molar-refractivity contribution >= 4 is 11.9 Å². The van der Waals surface area contributed by atoms with Crippen LogP contribution in [0.15, 0.2) is 24.3 Å². The van der Waals surface area contributed by atoms with E-state index < -0.39 is 17.5 Å². The molecule has 0 heterocycles. The highest BCUT2D eigenvalue weighted by atomic mass is 16.6. The second-order valence-electron chi connectivity index (χ2n) is 5.62. The molecule has 0 fully saturated rings. The molecule has 0 aliphatic heterocycles. The minimum atomic E-state index is -1.05. The van der Waals surface area contributed by atoms with Gasteiger partial charge in [-0.3, -0.25) is 0 Å². The third kappa shape index (κ3) is 4.86. The molecule has 4 nitrogen and oxygen atoms in total. The van der Waals surface area contributed by atoms with E-state index in [1.807, 2.05) is 13.8 Å². The monoisotopic (exact) mass is 306 g/mol. The van der Waals surface area contributed by atoms with Gasteiger partial charge in [-0.25, -0.2) is 9.59 Å². The van der Waals surface area contributed by atoms with Crippen molar-refractivity contribution in [3.63, 3.8) is 0 Å². The fourth-order valence-corrected chi connectivity index (χ4v) is 2.53. The number of hydrogen-bond donors (Lipinski definition) is 1. The molecule has 1 aromatic carbocycles. The molecule has 0 spiro atoms. The molecular formula is C18H26O4. The summed E-state index contributed by atoms with van der Waals surface area (Å²) in [6.45, 7) is 6.19. The summed E-state index contributed by atoms with van der Waals surface area (Å²) in [6, 6.07) is 5.99. The van der Waals surface area contributed by atoms with Crippen molar-refractivity contribution in [2.45, 2.75) is 64.9 Å². The molecule has 1 N–H and O–H groups in total. The summed E-state index contributed by atoms with van der Waals surface area (Å²) < 4.78 is 5.77. The van der Waals surface area contributed by atoms with Crippen LogP contribution in [0.3, 0.4) is 0 Å². The largest absolute Gasteiger partial charge is 0.478 e. The molecule has 0 aliphatic rings. The minimum absolute atomic E-state index is 0.0963. The van der Waals surface area contributed by atoms with Crippen LogP contribution in [0.5, 0.6) is 0 Å². The Morgan fingerprint density at radius 1 is 1.09 bits per heavy atom. The SMILES string of the molecule is CCCCCC(CC)(CC)OC(=O)c1cccc(C(=O)O)c1. The summed E-state index contributed by atoms with van der Waals surface area (Å²) in [5.41, 5.74) is -0.0634. The Hall–Kier alpha value is -1.84. The third-order valence-electron chi connectivity index (χ3n) is 4.18. The maximum absolute atomic E-state index is 12.4. The Balaban J connectivity index is 2.86. The van der Waals surface area contributed by atoms with E-state index in [1.54, 1.807) is 12.1 Å². The second-order valence-corrected chi connectivity index (χ2v) is 5.62. The van der Waals surface area contributed by atoms with Gasteiger partial charge in [-0.05, 0) is 43.9 Å². The molecule has 0 unspecified atom stereocenters. The first kappa shape index (κ1) is 18.2. The van der Waals surface area contributed by atoms with Crippen LogP contribution in [-0.4, -0.2) is 22.6 Å². The first-order valence-corrected chi connectivity index (χ1v) is 8.04. The van der Waals surface area contributed by atoms with Crippen molar-refractivity contribution in [2.24, 2.45) is 0 Å². The average molecular weight is 306 g/mol. The molecule has 1 aromatic rings. The van der Waals surface area contributed by atoms with Gasteiger partial charge in [0.2, 0.25) is 0 Å². The predicted octanol–water partition coefficient (Wildman–Crippen LogP) is 4.68. The maximum Gasteiger partial charge on any atom is 0.338 e. The van der Waals surface area contributed by atoms with Gasteiger partial charge in [0.15, 0.2) is 0 Å². The number of aromatic carboxylic acids is 1. The number of carboxylic acids is 1. The zero-order valence-corrected chi connectivity index (χ0v) is 13.7. The number of carbonyl (C=O) groups is 2. The topological polar surface area (TPSA) is 63.6 Å². The summed E-state index contributed by atoms with van der Waals surface area (Å²) >= 11 is 0. The molecule has 0 amide bonds. The normalized spacial score (nSPS) is 11.2. The number of benzene rings is 1. The summed E-state index contributed by atoms with van der Waals surface area (Å²) in [5.74, 6) is -1.49. The molecule has 0 bridgehead atoms. The Kier molecular flexibility index (Phi) is 7.09. The van der Waals surface area contributed by atoms with Crippen molar-refractivity contribution in [1.29, 1.82) is 0 Å². The Labute approximate surface area is 132 Å². The number of rotatable bonds is 9. The van der Waals surface area contributed by atoms with E-state index >= 15 is 0 Å². The molecule has 0 radical (unpaired) electrons. The van der Waals surface area contributed by atoms with Crippen LogP contribution in [0.2, 0.25) is 0 Å². The highest BCUT2D eigenvalue weighted by Crippen LogP contribution is 2.29. The van der Waals surface area contributed by atoms with Crippen LogP contribution < -0.4 is 0 Å². The van der Waals surface area contributed by atoms with Crippen molar-refractivity contribution in [2.75, 3.05) is 0 Å². The summed E-state index contributed by atoms with van der Waals surface area (Å²) in [4.78, 5) is 23.4. The standard InChI is InChI=1S/C18H26O4/c1-4-7-8-12-18(5-2,6-3)22-17(21)15-11-9-10-14(13-15)16(19)20/h9-11,13H,4-8,12H2,1-3H3,(H,19,20). The molecule has 0 atom stereocenters. The maximum atomic E-state index is 12.4. The van der Waals surface area contributed by atoms with Crippen LogP contribution in [-0.2, 0) is 4.74 Å². The minimum Gasteiger partial charge on any atom is -0.478 e. The number of unbranched alkanes of at least 4 members (excludes halogenated alkanes) is 2. The number of carboxylic acid groups (broad SMARTS) is 1. The molecular weight excluding hydrogens is 280 g/mol. The van der Waals surface area contributed by atoms with Gasteiger partial charge < -0.3 is 9.84 Å². The number of hydrogen-bond acceptors (Lipinski definition) is 3. The van der Waals surface area contributed by atoms with E-state index in [9.17, 15) is 9.59 Å². The molecule has 0 saturated heterocycles. The van der Waals surface area contributed by atoms with E-state index in [-0.39, 0.29) is 5.56 Å². The van der Waals surface area contributed by atoms with Gasteiger partial charge in [-0.15, -0.1) is 0 Å². The summed E-state index contributed by atoms with van der Waals surface area (Å²) in [5, 5.41) is 9.01. The second kappa shape index (κ2) is 8.57. The lowest BCUT2D eigenvalue weighted by molar-refractivity contribution is -0.0285. The van der Waals surface area contributed by atoms with Crippen molar-refractivity contribution in [1.82, 2.24) is 0 Å². The highest BCUT2D eigenvalue weighted by Gasteiger charge is 2.30. The van der Waals surface area contributed by atoms with Crippen LogP contribution in [0.25, 0.3) is 0 Å². The quantitative estimate of drug-likeness (QED) is 0.531. The van der Waals surface area contributed by atoms with E-state index in [0.717, 1.165) is 38.5 Å². The Morgan fingerprint density at radius 3 is 2.27 bits per heavy atom. The van der Waals surface area contributed by atoms with E-state index in [4.69, 9.17) is 9.84 Å². The zero-order chi connectivity index (χ0) is 16.6. The Bertz CT molecular complexity index is 504. The van der Waals surface area contributed by atoms with Gasteiger partial charge in [0.25, 0.3) is 0 Å². The Morgan fingerprint density at radius 2 is 1.73 bits per heavy atom. The fourth-order valence-electron chi connectivity index (χ4n) is 2.53. The molecule has 0 saturated carbocycles. The summed E-state index contributed by atoms with van der Waals surface area (Å²) in [7, 11) is 0. The molecule has 4 heteroatoms. The lowest BCUT2D eigenvalue weighted by Gasteiger charge is -2.31. The number of esters is 1. The molecule has 0 aromatic heterocycles. The molecule has 0 aliphatic carbocycles. The van der Waals surface area contributed by atoms with Gasteiger partial charge in [0, 0.05) is 0 Å². The van der Waals surface area contributed by atoms with Gasteiger partial charge in [-0.1, -0.05) is 39.7 Å². The molecule has 122 valence electrons. The van der Waals surface area contributed by atoms with Crippen LogP contribution in [0.4, 0.5) is 0 Å². The fraction of sp³-hybridized carbons (Fsp3) is 0.556. The number of ether oxygens (including phenoxy) is 1. The zero-order valence-electron chi connectivity index (χ0n) is 13.7. The molecule has 1 rings (SSSR count). The van der Waals surface area contributed by atoms with Crippen molar-refractivity contribution in [3.05, 3.63) is 35.4 Å². The van der Waals surface area contributed by atoms with Crippen LogP contribution in [0, 0.1) is 0 Å². The van der Waals surface area contributed by atoms with Crippen LogP contribution in [0.1, 0.15) is 80.0 Å². The first-order chi connectivity index (χ1) is 10.5. The number of carbonyl (C=O) groups excluding carboxylic acids is 1. The van der Waals surface area contributed by atoms with Crippen LogP contribution >= 0.6 is 0 Å². The first-order valence-electron chi connectivity index (χ1n) is 8.04. The van der Waals surface area contributed by atoms with Gasteiger partial charge in [0.05, 0.1) is 11.1 Å². The smallest absolute Gasteiger partial charge is 0.338 e. The highest BCUT2D eigenvalue weighted by molar-refractivity contribution is 5.94. The molecule has 22 heavy (non-hydrogen) atoms. The van der Waals surface area contributed by atoms with Crippen molar-refractivity contribution in [3.8, 4) is 0 Å².